The Labute approximate surface area is 132 Å². The van der Waals surface area contributed by atoms with Crippen molar-refractivity contribution in [2.24, 2.45) is 7.05 Å². The molecule has 22 heavy (non-hydrogen) atoms. The average molecular weight is 300 g/mol. The number of methoxy groups -OCH3 is 1. The van der Waals surface area contributed by atoms with Gasteiger partial charge in [0.15, 0.2) is 0 Å². The largest absolute Gasteiger partial charge is 0.497 e. The van der Waals surface area contributed by atoms with E-state index in [1.807, 2.05) is 18.6 Å². The normalized spacial score (nSPS) is 16.0. The number of aromatic nitrogens is 2. The van der Waals surface area contributed by atoms with Gasteiger partial charge in [0.25, 0.3) is 0 Å². The predicted molar refractivity (Wildman–Crippen MR) is 88.6 cm³/mol. The predicted octanol–water partition coefficient (Wildman–Crippen LogP) is 1.79. The molecule has 1 aromatic heterocycles. The minimum Gasteiger partial charge on any atom is -0.497 e. The first-order valence-electron chi connectivity index (χ1n) is 7.83. The minimum atomic E-state index is 0.927. The van der Waals surface area contributed by atoms with Gasteiger partial charge in [-0.25, -0.2) is 4.98 Å². The number of rotatable bonds is 5. The molecular formula is C17H24N4O. The van der Waals surface area contributed by atoms with E-state index < -0.39 is 0 Å². The molecule has 0 atom stereocenters. The number of nitrogens with zero attached hydrogens (tertiary/aromatic N) is 4. The Morgan fingerprint density at radius 3 is 2.68 bits per heavy atom. The number of hydrogen-bond donors (Lipinski definition) is 0. The average Bonchev–Trinajstić information content (AvgIpc) is 2.98. The Morgan fingerprint density at radius 1 is 1.18 bits per heavy atom. The van der Waals surface area contributed by atoms with Crippen LogP contribution in [0, 0.1) is 0 Å². The number of hydrogen-bond acceptors (Lipinski definition) is 4. The zero-order chi connectivity index (χ0) is 15.4. The van der Waals surface area contributed by atoms with Crippen molar-refractivity contribution in [1.82, 2.24) is 14.5 Å². The molecule has 5 nitrogen and oxygen atoms in total. The van der Waals surface area contributed by atoms with Crippen LogP contribution in [0.3, 0.4) is 0 Å². The summed E-state index contributed by atoms with van der Waals surface area (Å²) in [5.41, 5.74) is 2.56. The van der Waals surface area contributed by atoms with Crippen molar-refractivity contribution in [2.45, 2.75) is 6.42 Å². The highest BCUT2D eigenvalue weighted by molar-refractivity contribution is 5.51. The summed E-state index contributed by atoms with van der Waals surface area (Å²) >= 11 is 0. The third-order valence-corrected chi connectivity index (χ3v) is 4.39. The number of anilines is 1. The van der Waals surface area contributed by atoms with Crippen molar-refractivity contribution in [1.29, 1.82) is 0 Å². The Kier molecular flexibility index (Phi) is 4.63. The molecule has 0 spiro atoms. The second-order valence-corrected chi connectivity index (χ2v) is 5.78. The van der Waals surface area contributed by atoms with Gasteiger partial charge in [0.2, 0.25) is 0 Å². The van der Waals surface area contributed by atoms with E-state index in [9.17, 15) is 0 Å². The van der Waals surface area contributed by atoms with Gasteiger partial charge in [0, 0.05) is 69.8 Å². The standard InChI is InChI=1S/C17H24N4O/c1-19-14-18-13-16(19)6-7-20-8-10-21(11-9-20)15-4-3-5-17(12-15)22-2/h3-5,12-14H,6-11H2,1-2H3. The molecule has 0 radical (unpaired) electrons. The molecule has 0 aliphatic carbocycles. The minimum absolute atomic E-state index is 0.927. The van der Waals surface area contributed by atoms with Crippen LogP contribution >= 0.6 is 0 Å². The molecule has 2 heterocycles. The van der Waals surface area contributed by atoms with E-state index in [1.54, 1.807) is 7.11 Å². The van der Waals surface area contributed by atoms with Crippen molar-refractivity contribution in [3.8, 4) is 5.75 Å². The maximum atomic E-state index is 5.31. The van der Waals surface area contributed by atoms with Crippen LogP contribution in [0.5, 0.6) is 5.75 Å². The molecule has 1 aromatic carbocycles. The van der Waals surface area contributed by atoms with Crippen molar-refractivity contribution in [2.75, 3.05) is 44.7 Å². The molecule has 3 rings (SSSR count). The second-order valence-electron chi connectivity index (χ2n) is 5.78. The fraction of sp³-hybridized carbons (Fsp3) is 0.471. The zero-order valence-corrected chi connectivity index (χ0v) is 13.4. The van der Waals surface area contributed by atoms with Gasteiger partial charge in [0.05, 0.1) is 13.4 Å². The summed E-state index contributed by atoms with van der Waals surface area (Å²) < 4.78 is 7.42. The lowest BCUT2D eigenvalue weighted by Crippen LogP contribution is -2.47. The molecule has 1 saturated heterocycles. The highest BCUT2D eigenvalue weighted by atomic mass is 16.5. The van der Waals surface area contributed by atoms with Crippen molar-refractivity contribution in [3.05, 3.63) is 42.5 Å². The number of piperazine rings is 1. The number of aryl methyl sites for hydroxylation is 1. The summed E-state index contributed by atoms with van der Waals surface area (Å²) in [6.07, 6.45) is 4.90. The Balaban J connectivity index is 1.50. The van der Waals surface area contributed by atoms with Crippen LogP contribution in [-0.2, 0) is 13.5 Å². The summed E-state index contributed by atoms with van der Waals surface area (Å²) in [6, 6.07) is 8.33. The van der Waals surface area contributed by atoms with E-state index in [0.717, 1.165) is 44.9 Å². The molecule has 0 unspecified atom stereocenters. The number of imidazole rings is 1. The molecule has 5 heteroatoms. The first-order valence-corrected chi connectivity index (χ1v) is 7.83. The van der Waals surface area contributed by atoms with Gasteiger partial charge in [-0.1, -0.05) is 6.07 Å². The van der Waals surface area contributed by atoms with E-state index in [0.29, 0.717) is 0 Å². The van der Waals surface area contributed by atoms with Crippen LogP contribution < -0.4 is 9.64 Å². The van der Waals surface area contributed by atoms with Gasteiger partial charge >= 0.3 is 0 Å². The van der Waals surface area contributed by atoms with Gasteiger partial charge in [-0.2, -0.15) is 0 Å². The molecule has 1 aliphatic heterocycles. The Hall–Kier alpha value is -2.01. The first-order chi connectivity index (χ1) is 10.8. The maximum absolute atomic E-state index is 5.31. The fourth-order valence-electron chi connectivity index (χ4n) is 2.94. The second kappa shape index (κ2) is 6.83. The van der Waals surface area contributed by atoms with Gasteiger partial charge in [-0.3, -0.25) is 4.90 Å². The lowest BCUT2D eigenvalue weighted by atomic mass is 10.2. The molecule has 0 amide bonds. The van der Waals surface area contributed by atoms with E-state index >= 15 is 0 Å². The molecule has 118 valence electrons. The van der Waals surface area contributed by atoms with Crippen LogP contribution in [0.2, 0.25) is 0 Å². The van der Waals surface area contributed by atoms with Gasteiger partial charge in [-0.15, -0.1) is 0 Å². The summed E-state index contributed by atoms with van der Waals surface area (Å²) in [7, 11) is 3.78. The Bertz CT molecular complexity index is 602. The van der Waals surface area contributed by atoms with Crippen molar-refractivity contribution < 1.29 is 4.74 Å². The molecule has 0 N–H and O–H groups in total. The zero-order valence-electron chi connectivity index (χ0n) is 13.4. The monoisotopic (exact) mass is 300 g/mol. The highest BCUT2D eigenvalue weighted by Crippen LogP contribution is 2.22. The fourth-order valence-corrected chi connectivity index (χ4v) is 2.94. The number of ether oxygens (including phenoxy) is 1. The van der Waals surface area contributed by atoms with Crippen molar-refractivity contribution in [3.63, 3.8) is 0 Å². The topological polar surface area (TPSA) is 33.5 Å². The van der Waals surface area contributed by atoms with E-state index in [1.165, 1.54) is 11.4 Å². The SMILES string of the molecule is COc1cccc(N2CCN(CCc3cncn3C)CC2)c1. The molecular weight excluding hydrogens is 276 g/mol. The van der Waals surface area contributed by atoms with Gasteiger partial charge < -0.3 is 14.2 Å². The molecule has 1 fully saturated rings. The van der Waals surface area contributed by atoms with Crippen LogP contribution in [0.4, 0.5) is 5.69 Å². The smallest absolute Gasteiger partial charge is 0.120 e. The summed E-state index contributed by atoms with van der Waals surface area (Å²) in [6.45, 7) is 5.45. The van der Waals surface area contributed by atoms with Crippen molar-refractivity contribution >= 4 is 5.69 Å². The molecule has 2 aromatic rings. The quantitative estimate of drug-likeness (QED) is 0.843. The molecule has 0 saturated carbocycles. The van der Waals surface area contributed by atoms with Gasteiger partial charge in [-0.05, 0) is 12.1 Å². The summed E-state index contributed by atoms with van der Waals surface area (Å²) in [5, 5.41) is 0. The summed E-state index contributed by atoms with van der Waals surface area (Å²) in [4.78, 5) is 9.14. The van der Waals surface area contributed by atoms with Crippen LogP contribution in [0.1, 0.15) is 5.69 Å². The lowest BCUT2D eigenvalue weighted by Gasteiger charge is -2.36. The van der Waals surface area contributed by atoms with Crippen LogP contribution in [0.15, 0.2) is 36.8 Å². The highest BCUT2D eigenvalue weighted by Gasteiger charge is 2.17. The maximum Gasteiger partial charge on any atom is 0.120 e. The molecule has 1 aliphatic rings. The van der Waals surface area contributed by atoms with E-state index in [-0.39, 0.29) is 0 Å². The Morgan fingerprint density at radius 2 is 2.00 bits per heavy atom. The van der Waals surface area contributed by atoms with Gasteiger partial charge in [0.1, 0.15) is 5.75 Å². The third-order valence-electron chi connectivity index (χ3n) is 4.39. The van der Waals surface area contributed by atoms with E-state index in [4.69, 9.17) is 4.74 Å². The third kappa shape index (κ3) is 3.42. The van der Waals surface area contributed by atoms with Crippen LogP contribution in [0.25, 0.3) is 0 Å². The molecule has 0 bridgehead atoms. The van der Waals surface area contributed by atoms with Crippen LogP contribution in [-0.4, -0.2) is 54.3 Å². The van der Waals surface area contributed by atoms with E-state index in [2.05, 4.69) is 44.6 Å². The number of benzene rings is 1. The lowest BCUT2D eigenvalue weighted by molar-refractivity contribution is 0.259. The first kappa shape index (κ1) is 14.9. The summed E-state index contributed by atoms with van der Waals surface area (Å²) in [5.74, 6) is 0.927.